The van der Waals surface area contributed by atoms with Crippen molar-refractivity contribution < 1.29 is 9.13 Å². The molecule has 0 aliphatic carbocycles. The molecule has 0 heterocycles. The minimum absolute atomic E-state index is 0.0972. The molecule has 4 heteroatoms. The van der Waals surface area contributed by atoms with Crippen LogP contribution >= 0.6 is 0 Å². The number of benzene rings is 2. The van der Waals surface area contributed by atoms with E-state index in [9.17, 15) is 4.39 Å². The lowest BCUT2D eigenvalue weighted by Gasteiger charge is -2.19. The van der Waals surface area contributed by atoms with Crippen molar-refractivity contribution in [2.75, 3.05) is 7.11 Å². The summed E-state index contributed by atoms with van der Waals surface area (Å²) in [4.78, 5) is 0. The predicted octanol–water partition coefficient (Wildman–Crippen LogP) is 3.20. The summed E-state index contributed by atoms with van der Waals surface area (Å²) in [6.45, 7) is 3.79. The normalized spacial score (nSPS) is 12.2. The Morgan fingerprint density at radius 3 is 2.57 bits per heavy atom. The van der Waals surface area contributed by atoms with Crippen molar-refractivity contribution in [2.24, 2.45) is 5.84 Å². The van der Waals surface area contributed by atoms with E-state index in [1.807, 2.05) is 25.1 Å². The van der Waals surface area contributed by atoms with E-state index in [0.717, 1.165) is 22.4 Å². The zero-order valence-electron chi connectivity index (χ0n) is 12.6. The first kappa shape index (κ1) is 15.5. The molecule has 0 aromatic heterocycles. The van der Waals surface area contributed by atoms with Crippen LogP contribution in [-0.4, -0.2) is 7.11 Å². The summed E-state index contributed by atoms with van der Waals surface area (Å²) < 4.78 is 18.8. The van der Waals surface area contributed by atoms with Crippen molar-refractivity contribution in [3.05, 3.63) is 64.5 Å². The summed E-state index contributed by atoms with van der Waals surface area (Å²) in [7, 11) is 1.65. The highest BCUT2D eigenvalue weighted by Crippen LogP contribution is 2.26. The molecule has 3 nitrogen and oxygen atoms in total. The van der Waals surface area contributed by atoms with Crippen LogP contribution in [0.25, 0.3) is 0 Å². The molecular weight excluding hydrogens is 267 g/mol. The second kappa shape index (κ2) is 6.70. The molecule has 0 amide bonds. The van der Waals surface area contributed by atoms with E-state index in [0.29, 0.717) is 12.0 Å². The standard InChI is InChI=1S/C17H21FN2O/c1-11-4-7-17(21-3)14(8-11)10-16(20-19)13-5-6-15(18)12(2)9-13/h4-9,16,20H,10,19H2,1-3H3. The van der Waals surface area contributed by atoms with E-state index in [-0.39, 0.29) is 11.9 Å². The van der Waals surface area contributed by atoms with Crippen LogP contribution in [0.5, 0.6) is 5.75 Å². The average molecular weight is 288 g/mol. The third-order valence-corrected chi connectivity index (χ3v) is 3.65. The summed E-state index contributed by atoms with van der Waals surface area (Å²) in [6, 6.07) is 11.0. The quantitative estimate of drug-likeness (QED) is 0.656. The number of ether oxygens (including phenoxy) is 1. The minimum Gasteiger partial charge on any atom is -0.496 e. The average Bonchev–Trinajstić information content (AvgIpc) is 2.48. The molecule has 0 saturated heterocycles. The Balaban J connectivity index is 2.30. The molecule has 2 rings (SSSR count). The molecule has 0 fully saturated rings. The molecule has 21 heavy (non-hydrogen) atoms. The molecule has 0 spiro atoms. The first-order valence-corrected chi connectivity index (χ1v) is 6.91. The lowest BCUT2D eigenvalue weighted by atomic mass is 9.96. The number of halogens is 1. The van der Waals surface area contributed by atoms with Crippen LogP contribution in [-0.2, 0) is 6.42 Å². The maximum Gasteiger partial charge on any atom is 0.126 e. The smallest absolute Gasteiger partial charge is 0.126 e. The third kappa shape index (κ3) is 3.60. The highest BCUT2D eigenvalue weighted by atomic mass is 19.1. The van der Waals surface area contributed by atoms with Gasteiger partial charge in [0.25, 0.3) is 0 Å². The summed E-state index contributed by atoms with van der Waals surface area (Å²) >= 11 is 0. The molecule has 0 aliphatic heterocycles. The van der Waals surface area contributed by atoms with Gasteiger partial charge in [-0.2, -0.15) is 0 Å². The maximum atomic E-state index is 13.4. The summed E-state index contributed by atoms with van der Waals surface area (Å²) in [5, 5.41) is 0. The van der Waals surface area contributed by atoms with Crippen LogP contribution in [0.15, 0.2) is 36.4 Å². The first-order valence-electron chi connectivity index (χ1n) is 6.91. The molecule has 2 aromatic carbocycles. The molecule has 0 aliphatic rings. The first-order chi connectivity index (χ1) is 10.0. The minimum atomic E-state index is -0.206. The van der Waals surface area contributed by atoms with E-state index < -0.39 is 0 Å². The fraction of sp³-hybridized carbons (Fsp3) is 0.294. The number of rotatable bonds is 5. The molecule has 1 unspecified atom stereocenters. The van der Waals surface area contributed by atoms with Gasteiger partial charge >= 0.3 is 0 Å². The summed E-state index contributed by atoms with van der Waals surface area (Å²) in [5.74, 6) is 6.31. The van der Waals surface area contributed by atoms with Gasteiger partial charge < -0.3 is 4.74 Å². The molecule has 1 atom stereocenters. The van der Waals surface area contributed by atoms with E-state index >= 15 is 0 Å². The second-order valence-corrected chi connectivity index (χ2v) is 5.25. The van der Waals surface area contributed by atoms with Crippen molar-refractivity contribution in [1.82, 2.24) is 5.43 Å². The molecule has 112 valence electrons. The molecule has 0 bridgehead atoms. The monoisotopic (exact) mass is 288 g/mol. The summed E-state index contributed by atoms with van der Waals surface area (Å²) in [5.41, 5.74) is 6.61. The van der Waals surface area contributed by atoms with E-state index in [1.165, 1.54) is 6.07 Å². The number of aryl methyl sites for hydroxylation is 2. The Labute approximate surface area is 124 Å². The molecule has 0 saturated carbocycles. The zero-order chi connectivity index (χ0) is 15.4. The SMILES string of the molecule is COc1ccc(C)cc1CC(NN)c1ccc(F)c(C)c1. The Morgan fingerprint density at radius 2 is 1.95 bits per heavy atom. The van der Waals surface area contributed by atoms with Crippen molar-refractivity contribution in [2.45, 2.75) is 26.3 Å². The van der Waals surface area contributed by atoms with E-state index in [1.54, 1.807) is 20.1 Å². The van der Waals surface area contributed by atoms with Crippen molar-refractivity contribution >= 4 is 0 Å². The Hall–Kier alpha value is -1.91. The van der Waals surface area contributed by atoms with Gasteiger partial charge in [-0.15, -0.1) is 0 Å². The van der Waals surface area contributed by atoms with Gasteiger partial charge in [0.15, 0.2) is 0 Å². The van der Waals surface area contributed by atoms with E-state index in [2.05, 4.69) is 11.5 Å². The molecule has 3 N–H and O–H groups in total. The van der Waals surface area contributed by atoms with Crippen LogP contribution in [0.4, 0.5) is 4.39 Å². The Kier molecular flexibility index (Phi) is 4.94. The van der Waals surface area contributed by atoms with Crippen molar-refractivity contribution in [1.29, 1.82) is 0 Å². The number of nitrogens with one attached hydrogen (secondary N) is 1. The number of hydrazine groups is 1. The largest absolute Gasteiger partial charge is 0.496 e. The Bertz CT molecular complexity index is 628. The van der Waals surface area contributed by atoms with Gasteiger partial charge in [-0.1, -0.05) is 29.8 Å². The van der Waals surface area contributed by atoms with Gasteiger partial charge in [-0.05, 0) is 49.1 Å². The van der Waals surface area contributed by atoms with Crippen LogP contribution < -0.4 is 16.0 Å². The lowest BCUT2D eigenvalue weighted by molar-refractivity contribution is 0.405. The zero-order valence-corrected chi connectivity index (χ0v) is 12.6. The predicted molar refractivity (Wildman–Crippen MR) is 82.6 cm³/mol. The van der Waals surface area contributed by atoms with Gasteiger partial charge in [0.1, 0.15) is 11.6 Å². The fourth-order valence-electron chi connectivity index (χ4n) is 2.44. The third-order valence-electron chi connectivity index (χ3n) is 3.65. The number of hydrogen-bond acceptors (Lipinski definition) is 3. The number of hydrogen-bond donors (Lipinski definition) is 2. The highest BCUT2D eigenvalue weighted by Gasteiger charge is 2.14. The molecular formula is C17H21FN2O. The summed E-state index contributed by atoms with van der Waals surface area (Å²) in [6.07, 6.45) is 0.673. The molecule has 2 aromatic rings. The van der Waals surface area contributed by atoms with Crippen LogP contribution in [0.3, 0.4) is 0 Å². The number of methoxy groups -OCH3 is 1. The molecule has 0 radical (unpaired) electrons. The van der Waals surface area contributed by atoms with Gasteiger partial charge in [0, 0.05) is 0 Å². The lowest BCUT2D eigenvalue weighted by Crippen LogP contribution is -2.29. The van der Waals surface area contributed by atoms with Crippen LogP contribution in [0, 0.1) is 19.7 Å². The topological polar surface area (TPSA) is 47.3 Å². The maximum absolute atomic E-state index is 13.4. The van der Waals surface area contributed by atoms with E-state index in [4.69, 9.17) is 10.6 Å². The highest BCUT2D eigenvalue weighted by molar-refractivity contribution is 5.38. The van der Waals surface area contributed by atoms with Gasteiger partial charge in [0.2, 0.25) is 0 Å². The van der Waals surface area contributed by atoms with Gasteiger partial charge in [0.05, 0.1) is 13.2 Å². The number of nitrogens with two attached hydrogens (primary N) is 1. The second-order valence-electron chi connectivity index (χ2n) is 5.25. The van der Waals surface area contributed by atoms with Crippen LogP contribution in [0.1, 0.15) is 28.3 Å². The van der Waals surface area contributed by atoms with Crippen LogP contribution in [0.2, 0.25) is 0 Å². The van der Waals surface area contributed by atoms with Gasteiger partial charge in [-0.3, -0.25) is 11.3 Å². The van der Waals surface area contributed by atoms with Crippen molar-refractivity contribution in [3.8, 4) is 5.75 Å². The Morgan fingerprint density at radius 1 is 1.19 bits per heavy atom. The fourth-order valence-corrected chi connectivity index (χ4v) is 2.44. The van der Waals surface area contributed by atoms with Gasteiger partial charge in [-0.25, -0.2) is 4.39 Å². The van der Waals surface area contributed by atoms with Crippen molar-refractivity contribution in [3.63, 3.8) is 0 Å².